The molecule has 1 atom stereocenters. The standard InChI is InChI=1S/C15H28N2O3/c1-15(2,3)20-14(18)17-6-5-11(10-17)9-16-12-7-13(8-12)19-4/h11-13,16H,5-10H2,1-4H3. The molecule has 2 aliphatic rings. The molecule has 1 saturated heterocycles. The van der Waals surface area contributed by atoms with E-state index < -0.39 is 5.60 Å². The van der Waals surface area contributed by atoms with Crippen LogP contribution in [-0.4, -0.2) is 55.5 Å². The quantitative estimate of drug-likeness (QED) is 0.858. The maximum Gasteiger partial charge on any atom is 0.410 e. The van der Waals surface area contributed by atoms with Gasteiger partial charge in [0, 0.05) is 26.2 Å². The second-order valence-electron chi connectivity index (χ2n) is 7.02. The molecule has 1 aliphatic carbocycles. The molecule has 1 aliphatic heterocycles. The Kier molecular flexibility index (Phi) is 4.91. The minimum atomic E-state index is -0.408. The van der Waals surface area contributed by atoms with Crippen LogP contribution in [-0.2, 0) is 9.47 Å². The van der Waals surface area contributed by atoms with Crippen LogP contribution < -0.4 is 5.32 Å². The molecular weight excluding hydrogens is 256 g/mol. The van der Waals surface area contributed by atoms with E-state index in [9.17, 15) is 4.79 Å². The van der Waals surface area contributed by atoms with Crippen LogP contribution in [0.25, 0.3) is 0 Å². The van der Waals surface area contributed by atoms with Gasteiger partial charge < -0.3 is 19.7 Å². The number of carbonyl (C=O) groups excluding carboxylic acids is 1. The summed E-state index contributed by atoms with van der Waals surface area (Å²) in [7, 11) is 1.77. The monoisotopic (exact) mass is 284 g/mol. The minimum absolute atomic E-state index is 0.178. The third-order valence-corrected chi connectivity index (χ3v) is 4.06. The van der Waals surface area contributed by atoms with E-state index in [1.54, 1.807) is 7.11 Å². The number of nitrogens with one attached hydrogen (secondary N) is 1. The fourth-order valence-electron chi connectivity index (χ4n) is 2.75. The van der Waals surface area contributed by atoms with Crippen molar-refractivity contribution in [3.8, 4) is 0 Å². The van der Waals surface area contributed by atoms with Crippen LogP contribution in [0.5, 0.6) is 0 Å². The lowest BCUT2D eigenvalue weighted by atomic mass is 9.89. The smallest absolute Gasteiger partial charge is 0.410 e. The molecule has 0 aromatic heterocycles. The number of likely N-dealkylation sites (tertiary alicyclic amines) is 1. The Morgan fingerprint density at radius 1 is 1.35 bits per heavy atom. The molecule has 5 nitrogen and oxygen atoms in total. The minimum Gasteiger partial charge on any atom is -0.444 e. The average molecular weight is 284 g/mol. The van der Waals surface area contributed by atoms with E-state index >= 15 is 0 Å². The third-order valence-electron chi connectivity index (χ3n) is 4.06. The first-order valence-corrected chi connectivity index (χ1v) is 7.61. The maximum atomic E-state index is 12.0. The second-order valence-corrected chi connectivity index (χ2v) is 7.02. The number of amides is 1. The number of hydrogen-bond donors (Lipinski definition) is 1. The van der Waals surface area contributed by atoms with Crippen molar-refractivity contribution in [1.29, 1.82) is 0 Å². The third kappa shape index (κ3) is 4.35. The summed E-state index contributed by atoms with van der Waals surface area (Å²) in [6.45, 7) is 8.32. The van der Waals surface area contributed by atoms with Crippen LogP contribution in [0.4, 0.5) is 4.79 Å². The average Bonchev–Trinajstić information content (AvgIpc) is 2.73. The molecule has 1 N–H and O–H groups in total. The van der Waals surface area contributed by atoms with Gasteiger partial charge in [0.1, 0.15) is 5.60 Å². The topological polar surface area (TPSA) is 50.8 Å². The lowest BCUT2D eigenvalue weighted by Gasteiger charge is -2.35. The fourth-order valence-corrected chi connectivity index (χ4v) is 2.75. The first-order chi connectivity index (χ1) is 9.37. The van der Waals surface area contributed by atoms with E-state index in [1.807, 2.05) is 25.7 Å². The van der Waals surface area contributed by atoms with Gasteiger partial charge in [-0.2, -0.15) is 0 Å². The Hall–Kier alpha value is -0.810. The van der Waals surface area contributed by atoms with E-state index in [4.69, 9.17) is 9.47 Å². The Balaban J connectivity index is 1.64. The molecule has 0 aromatic carbocycles. The number of methoxy groups -OCH3 is 1. The number of hydrogen-bond acceptors (Lipinski definition) is 4. The van der Waals surface area contributed by atoms with E-state index in [1.165, 1.54) is 0 Å². The van der Waals surface area contributed by atoms with Crippen LogP contribution in [0.1, 0.15) is 40.0 Å². The molecule has 1 heterocycles. The van der Waals surface area contributed by atoms with Gasteiger partial charge in [-0.15, -0.1) is 0 Å². The van der Waals surface area contributed by atoms with Crippen molar-refractivity contribution in [2.45, 2.75) is 57.8 Å². The zero-order chi connectivity index (χ0) is 14.8. The Morgan fingerprint density at radius 2 is 2.05 bits per heavy atom. The molecule has 116 valence electrons. The molecule has 2 rings (SSSR count). The van der Waals surface area contributed by atoms with E-state index in [2.05, 4.69) is 5.32 Å². The van der Waals surface area contributed by atoms with Gasteiger partial charge in [-0.3, -0.25) is 0 Å². The van der Waals surface area contributed by atoms with Crippen molar-refractivity contribution in [3.63, 3.8) is 0 Å². The highest BCUT2D eigenvalue weighted by Crippen LogP contribution is 2.24. The number of carbonyl (C=O) groups is 1. The highest BCUT2D eigenvalue weighted by Gasteiger charge is 2.32. The molecule has 1 amide bonds. The van der Waals surface area contributed by atoms with Crippen LogP contribution in [0.2, 0.25) is 0 Å². The van der Waals surface area contributed by atoms with Crippen LogP contribution in [0.3, 0.4) is 0 Å². The molecule has 1 saturated carbocycles. The Bertz CT molecular complexity index is 335. The summed E-state index contributed by atoms with van der Waals surface area (Å²) in [5.74, 6) is 0.545. The predicted octanol–water partition coefficient (Wildman–Crippen LogP) is 2.01. The molecule has 0 radical (unpaired) electrons. The molecule has 2 fully saturated rings. The highest BCUT2D eigenvalue weighted by atomic mass is 16.6. The summed E-state index contributed by atoms with van der Waals surface area (Å²) in [6, 6.07) is 0.593. The predicted molar refractivity (Wildman–Crippen MR) is 77.7 cm³/mol. The van der Waals surface area contributed by atoms with Crippen molar-refractivity contribution in [2.75, 3.05) is 26.7 Å². The van der Waals surface area contributed by atoms with Gasteiger partial charge in [0.15, 0.2) is 0 Å². The number of ether oxygens (including phenoxy) is 2. The summed E-state index contributed by atoms with van der Waals surface area (Å²) < 4.78 is 10.7. The zero-order valence-corrected chi connectivity index (χ0v) is 13.1. The Labute approximate surface area is 122 Å². The van der Waals surface area contributed by atoms with Gasteiger partial charge in [-0.05, 0) is 52.5 Å². The maximum absolute atomic E-state index is 12.0. The van der Waals surface area contributed by atoms with Crippen LogP contribution in [0, 0.1) is 5.92 Å². The van der Waals surface area contributed by atoms with Gasteiger partial charge in [-0.1, -0.05) is 0 Å². The first kappa shape index (κ1) is 15.6. The van der Waals surface area contributed by atoms with Crippen molar-refractivity contribution in [2.24, 2.45) is 5.92 Å². The zero-order valence-electron chi connectivity index (χ0n) is 13.1. The molecule has 0 bridgehead atoms. The van der Waals surface area contributed by atoms with Gasteiger partial charge in [-0.25, -0.2) is 4.79 Å². The molecule has 20 heavy (non-hydrogen) atoms. The largest absolute Gasteiger partial charge is 0.444 e. The van der Waals surface area contributed by atoms with Crippen molar-refractivity contribution in [3.05, 3.63) is 0 Å². The summed E-state index contributed by atoms with van der Waals surface area (Å²) >= 11 is 0. The van der Waals surface area contributed by atoms with Crippen LogP contribution >= 0.6 is 0 Å². The lowest BCUT2D eigenvalue weighted by molar-refractivity contribution is 0.0163. The highest BCUT2D eigenvalue weighted by molar-refractivity contribution is 5.68. The second kappa shape index (κ2) is 6.31. The lowest BCUT2D eigenvalue weighted by Crippen LogP contribution is -2.46. The van der Waals surface area contributed by atoms with E-state index in [-0.39, 0.29) is 6.09 Å². The summed E-state index contributed by atoms with van der Waals surface area (Å²) in [4.78, 5) is 13.8. The summed E-state index contributed by atoms with van der Waals surface area (Å²) in [5, 5.41) is 3.57. The molecule has 5 heteroatoms. The van der Waals surface area contributed by atoms with Crippen molar-refractivity contribution >= 4 is 6.09 Å². The number of rotatable bonds is 4. The van der Waals surface area contributed by atoms with Crippen molar-refractivity contribution < 1.29 is 14.3 Å². The van der Waals surface area contributed by atoms with Crippen molar-refractivity contribution in [1.82, 2.24) is 10.2 Å². The van der Waals surface area contributed by atoms with Gasteiger partial charge in [0.2, 0.25) is 0 Å². The van der Waals surface area contributed by atoms with Gasteiger partial charge in [0.25, 0.3) is 0 Å². The molecule has 1 unspecified atom stereocenters. The number of nitrogens with zero attached hydrogens (tertiary/aromatic N) is 1. The van der Waals surface area contributed by atoms with E-state index in [0.29, 0.717) is 18.1 Å². The summed E-state index contributed by atoms with van der Waals surface area (Å²) in [5.41, 5.74) is -0.408. The molecular formula is C15H28N2O3. The normalized spacial score (nSPS) is 30.2. The van der Waals surface area contributed by atoms with Crippen LogP contribution in [0.15, 0.2) is 0 Å². The van der Waals surface area contributed by atoms with Gasteiger partial charge >= 0.3 is 6.09 Å². The Morgan fingerprint density at radius 3 is 2.65 bits per heavy atom. The fraction of sp³-hybridized carbons (Fsp3) is 0.933. The molecule has 0 aromatic rings. The van der Waals surface area contributed by atoms with E-state index in [0.717, 1.165) is 38.9 Å². The van der Waals surface area contributed by atoms with Gasteiger partial charge in [0.05, 0.1) is 6.10 Å². The first-order valence-electron chi connectivity index (χ1n) is 7.61. The summed E-state index contributed by atoms with van der Waals surface area (Å²) in [6.07, 6.45) is 3.54. The molecule has 0 spiro atoms. The SMILES string of the molecule is COC1CC(NCC2CCN(C(=O)OC(C)(C)C)C2)C1.